The van der Waals surface area contributed by atoms with Gasteiger partial charge in [0.15, 0.2) is 0 Å². The normalized spacial score (nSPS) is 15.8. The van der Waals surface area contributed by atoms with Crippen molar-refractivity contribution < 1.29 is 9.50 Å². The SMILES string of the molecule is OCCN(Cc1cc(Br)ccc1F)C1CC1. The zero-order valence-corrected chi connectivity index (χ0v) is 10.6. The van der Waals surface area contributed by atoms with Gasteiger partial charge in [-0.25, -0.2) is 4.39 Å². The van der Waals surface area contributed by atoms with Crippen molar-refractivity contribution in [2.75, 3.05) is 13.2 Å². The average molecular weight is 288 g/mol. The second-order valence-electron chi connectivity index (χ2n) is 4.16. The van der Waals surface area contributed by atoms with Gasteiger partial charge in [0.2, 0.25) is 0 Å². The lowest BCUT2D eigenvalue weighted by atomic mass is 10.2. The first-order chi connectivity index (χ1) is 7.70. The Labute approximate surface area is 103 Å². The molecule has 0 heterocycles. The largest absolute Gasteiger partial charge is 0.395 e. The van der Waals surface area contributed by atoms with Crippen LogP contribution in [-0.4, -0.2) is 29.2 Å². The molecule has 88 valence electrons. The highest BCUT2D eigenvalue weighted by Gasteiger charge is 2.28. The molecular formula is C12H15BrFNO. The van der Waals surface area contributed by atoms with E-state index in [0.717, 1.165) is 17.3 Å². The highest BCUT2D eigenvalue weighted by atomic mass is 79.9. The van der Waals surface area contributed by atoms with E-state index in [1.165, 1.54) is 6.07 Å². The van der Waals surface area contributed by atoms with E-state index in [4.69, 9.17) is 5.11 Å². The van der Waals surface area contributed by atoms with Crippen LogP contribution in [0.15, 0.2) is 22.7 Å². The predicted octanol–water partition coefficient (Wildman–Crippen LogP) is 2.54. The molecule has 1 N–H and O–H groups in total. The number of aliphatic hydroxyl groups excluding tert-OH is 1. The highest BCUT2D eigenvalue weighted by Crippen LogP contribution is 2.28. The minimum Gasteiger partial charge on any atom is -0.395 e. The van der Waals surface area contributed by atoms with Crippen LogP contribution in [0.1, 0.15) is 18.4 Å². The van der Waals surface area contributed by atoms with E-state index in [1.54, 1.807) is 6.07 Å². The van der Waals surface area contributed by atoms with Crippen molar-refractivity contribution in [1.29, 1.82) is 0 Å². The van der Waals surface area contributed by atoms with Crippen LogP contribution < -0.4 is 0 Å². The fraction of sp³-hybridized carbons (Fsp3) is 0.500. The van der Waals surface area contributed by atoms with E-state index in [0.29, 0.717) is 24.7 Å². The molecule has 0 bridgehead atoms. The minimum absolute atomic E-state index is 0.131. The fourth-order valence-electron chi connectivity index (χ4n) is 1.84. The Hall–Kier alpha value is -0.450. The van der Waals surface area contributed by atoms with Crippen LogP contribution in [0.4, 0.5) is 4.39 Å². The molecule has 1 aromatic rings. The van der Waals surface area contributed by atoms with Gasteiger partial charge in [0.1, 0.15) is 5.82 Å². The quantitative estimate of drug-likeness (QED) is 0.900. The summed E-state index contributed by atoms with van der Waals surface area (Å²) in [4.78, 5) is 2.14. The molecule has 0 aliphatic heterocycles. The lowest BCUT2D eigenvalue weighted by Gasteiger charge is -2.21. The highest BCUT2D eigenvalue weighted by molar-refractivity contribution is 9.10. The summed E-state index contributed by atoms with van der Waals surface area (Å²) in [6, 6.07) is 5.52. The van der Waals surface area contributed by atoms with E-state index < -0.39 is 0 Å². The molecule has 16 heavy (non-hydrogen) atoms. The summed E-state index contributed by atoms with van der Waals surface area (Å²) in [5.41, 5.74) is 0.690. The van der Waals surface area contributed by atoms with Crippen LogP contribution in [0.25, 0.3) is 0 Å². The molecule has 1 fully saturated rings. The second-order valence-corrected chi connectivity index (χ2v) is 5.08. The smallest absolute Gasteiger partial charge is 0.127 e. The van der Waals surface area contributed by atoms with Crippen molar-refractivity contribution in [3.8, 4) is 0 Å². The summed E-state index contributed by atoms with van der Waals surface area (Å²) in [6.45, 7) is 1.33. The number of hydrogen-bond acceptors (Lipinski definition) is 2. The van der Waals surface area contributed by atoms with E-state index in [-0.39, 0.29) is 12.4 Å². The Morgan fingerprint density at radius 2 is 2.19 bits per heavy atom. The summed E-state index contributed by atoms with van der Waals surface area (Å²) in [6.07, 6.45) is 2.32. The Bertz CT molecular complexity index is 368. The maximum absolute atomic E-state index is 13.5. The van der Waals surface area contributed by atoms with Gasteiger partial charge in [-0.15, -0.1) is 0 Å². The summed E-state index contributed by atoms with van der Waals surface area (Å²) >= 11 is 3.34. The molecule has 0 radical (unpaired) electrons. The minimum atomic E-state index is -0.174. The van der Waals surface area contributed by atoms with Gasteiger partial charge in [0.05, 0.1) is 6.61 Å². The maximum Gasteiger partial charge on any atom is 0.127 e. The van der Waals surface area contributed by atoms with Crippen molar-refractivity contribution in [2.24, 2.45) is 0 Å². The van der Waals surface area contributed by atoms with Crippen LogP contribution >= 0.6 is 15.9 Å². The Kier molecular flexibility index (Phi) is 3.95. The molecule has 1 saturated carbocycles. The molecule has 2 rings (SSSR count). The second kappa shape index (κ2) is 5.25. The first kappa shape index (κ1) is 12.0. The lowest BCUT2D eigenvalue weighted by molar-refractivity contribution is 0.182. The zero-order chi connectivity index (χ0) is 11.5. The maximum atomic E-state index is 13.5. The van der Waals surface area contributed by atoms with E-state index >= 15 is 0 Å². The molecular weight excluding hydrogens is 273 g/mol. The van der Waals surface area contributed by atoms with Crippen LogP contribution in [0.2, 0.25) is 0 Å². The Morgan fingerprint density at radius 1 is 1.44 bits per heavy atom. The van der Waals surface area contributed by atoms with Gasteiger partial charge in [0.25, 0.3) is 0 Å². The Balaban J connectivity index is 2.08. The molecule has 0 spiro atoms. The molecule has 1 aromatic carbocycles. The lowest BCUT2D eigenvalue weighted by Crippen LogP contribution is -2.29. The number of hydrogen-bond donors (Lipinski definition) is 1. The number of nitrogens with zero attached hydrogens (tertiary/aromatic N) is 1. The van der Waals surface area contributed by atoms with Gasteiger partial charge >= 0.3 is 0 Å². The molecule has 1 aliphatic rings. The average Bonchev–Trinajstić information content (AvgIpc) is 3.06. The van der Waals surface area contributed by atoms with E-state index in [2.05, 4.69) is 20.8 Å². The van der Waals surface area contributed by atoms with Crippen LogP contribution in [-0.2, 0) is 6.54 Å². The molecule has 0 unspecified atom stereocenters. The van der Waals surface area contributed by atoms with Gasteiger partial charge in [-0.3, -0.25) is 4.90 Å². The summed E-state index contributed by atoms with van der Waals surface area (Å²) < 4.78 is 14.4. The van der Waals surface area contributed by atoms with Crippen molar-refractivity contribution >= 4 is 15.9 Å². The van der Waals surface area contributed by atoms with Gasteiger partial charge in [-0.05, 0) is 31.0 Å². The monoisotopic (exact) mass is 287 g/mol. The molecule has 0 amide bonds. The van der Waals surface area contributed by atoms with Gasteiger partial charge in [0, 0.05) is 29.2 Å². The number of halogens is 2. The predicted molar refractivity (Wildman–Crippen MR) is 64.6 cm³/mol. The van der Waals surface area contributed by atoms with E-state index in [9.17, 15) is 4.39 Å². The van der Waals surface area contributed by atoms with E-state index in [1.807, 2.05) is 6.07 Å². The molecule has 4 heteroatoms. The first-order valence-electron chi connectivity index (χ1n) is 5.49. The summed E-state index contributed by atoms with van der Waals surface area (Å²) in [7, 11) is 0. The zero-order valence-electron chi connectivity index (χ0n) is 9.00. The van der Waals surface area contributed by atoms with Crippen molar-refractivity contribution in [3.63, 3.8) is 0 Å². The fourth-order valence-corrected chi connectivity index (χ4v) is 2.25. The van der Waals surface area contributed by atoms with Gasteiger partial charge < -0.3 is 5.11 Å². The first-order valence-corrected chi connectivity index (χ1v) is 6.29. The summed E-state index contributed by atoms with van der Waals surface area (Å²) in [5.74, 6) is -0.174. The van der Waals surface area contributed by atoms with Gasteiger partial charge in [-0.1, -0.05) is 15.9 Å². The molecule has 0 saturated heterocycles. The topological polar surface area (TPSA) is 23.5 Å². The van der Waals surface area contributed by atoms with Crippen molar-refractivity contribution in [1.82, 2.24) is 4.90 Å². The van der Waals surface area contributed by atoms with Crippen LogP contribution in [0.5, 0.6) is 0 Å². The third-order valence-electron chi connectivity index (χ3n) is 2.83. The van der Waals surface area contributed by atoms with Crippen molar-refractivity contribution in [3.05, 3.63) is 34.1 Å². The summed E-state index contributed by atoms with van der Waals surface area (Å²) in [5, 5.41) is 8.97. The number of benzene rings is 1. The molecule has 0 aromatic heterocycles. The van der Waals surface area contributed by atoms with Crippen LogP contribution in [0.3, 0.4) is 0 Å². The van der Waals surface area contributed by atoms with Crippen LogP contribution in [0, 0.1) is 5.82 Å². The van der Waals surface area contributed by atoms with Gasteiger partial charge in [-0.2, -0.15) is 0 Å². The number of rotatable bonds is 5. The molecule has 0 atom stereocenters. The standard InChI is InChI=1S/C12H15BrFNO/c13-10-1-4-12(14)9(7-10)8-15(5-6-16)11-2-3-11/h1,4,7,11,16H,2-3,5-6,8H2. The third-order valence-corrected chi connectivity index (χ3v) is 3.32. The molecule has 1 aliphatic carbocycles. The van der Waals surface area contributed by atoms with Crippen molar-refractivity contribution in [2.45, 2.75) is 25.4 Å². The Morgan fingerprint density at radius 3 is 2.81 bits per heavy atom. The number of aliphatic hydroxyl groups is 1. The molecule has 2 nitrogen and oxygen atoms in total. The third kappa shape index (κ3) is 3.03.